The van der Waals surface area contributed by atoms with Crippen molar-refractivity contribution in [2.75, 3.05) is 5.32 Å². The molecule has 2 aromatic carbocycles. The van der Waals surface area contributed by atoms with Crippen LogP contribution in [0, 0.1) is 18.6 Å². The standard InChI is InChI=1S/C15H11F2NO3/c1-8-2-3-9(6-11(8)16)14(19)18-13-5-4-10(15(20)21)7-12(13)17/h2-7H,1H3,(H,18,19)(H,20,21). The second-order valence-corrected chi connectivity index (χ2v) is 4.42. The van der Waals surface area contributed by atoms with E-state index >= 15 is 0 Å². The van der Waals surface area contributed by atoms with Gasteiger partial charge in [0.2, 0.25) is 0 Å². The zero-order chi connectivity index (χ0) is 15.6. The van der Waals surface area contributed by atoms with Gasteiger partial charge in [0.15, 0.2) is 0 Å². The number of carboxylic acids is 1. The Kier molecular flexibility index (Phi) is 3.98. The van der Waals surface area contributed by atoms with E-state index in [0.717, 1.165) is 24.3 Å². The number of aryl methyl sites for hydroxylation is 1. The lowest BCUT2D eigenvalue weighted by Crippen LogP contribution is -2.13. The minimum Gasteiger partial charge on any atom is -0.478 e. The minimum atomic E-state index is -1.27. The number of benzene rings is 2. The Morgan fingerprint density at radius 3 is 2.19 bits per heavy atom. The predicted molar refractivity (Wildman–Crippen MR) is 72.4 cm³/mol. The Morgan fingerprint density at radius 2 is 1.62 bits per heavy atom. The highest BCUT2D eigenvalue weighted by molar-refractivity contribution is 6.04. The van der Waals surface area contributed by atoms with Gasteiger partial charge in [-0.3, -0.25) is 4.79 Å². The van der Waals surface area contributed by atoms with Gasteiger partial charge < -0.3 is 10.4 Å². The summed E-state index contributed by atoms with van der Waals surface area (Å²) >= 11 is 0. The third-order valence-electron chi connectivity index (χ3n) is 2.90. The molecule has 6 heteroatoms. The number of halogens is 2. The molecule has 4 nitrogen and oxygen atoms in total. The van der Waals surface area contributed by atoms with Crippen LogP contribution in [0.2, 0.25) is 0 Å². The average Bonchev–Trinajstić information content (AvgIpc) is 2.43. The molecule has 1 amide bonds. The maximum Gasteiger partial charge on any atom is 0.335 e. The Hall–Kier alpha value is -2.76. The van der Waals surface area contributed by atoms with Crippen LogP contribution in [0.1, 0.15) is 26.3 Å². The fraction of sp³-hybridized carbons (Fsp3) is 0.0667. The minimum absolute atomic E-state index is 0.0415. The Labute approximate surface area is 119 Å². The molecule has 2 rings (SSSR count). The van der Waals surface area contributed by atoms with Crippen molar-refractivity contribution in [1.29, 1.82) is 0 Å². The lowest BCUT2D eigenvalue weighted by molar-refractivity contribution is 0.0696. The van der Waals surface area contributed by atoms with Gasteiger partial charge >= 0.3 is 5.97 Å². The highest BCUT2D eigenvalue weighted by Crippen LogP contribution is 2.18. The molecular formula is C15H11F2NO3. The fourth-order valence-electron chi connectivity index (χ4n) is 1.68. The molecule has 0 aliphatic carbocycles. The molecule has 0 aliphatic rings. The van der Waals surface area contributed by atoms with Crippen LogP contribution in [0.15, 0.2) is 36.4 Å². The number of amides is 1. The first kappa shape index (κ1) is 14.6. The molecule has 2 aromatic rings. The van der Waals surface area contributed by atoms with Crippen molar-refractivity contribution in [2.24, 2.45) is 0 Å². The Bertz CT molecular complexity index is 729. The summed E-state index contributed by atoms with van der Waals surface area (Å²) in [7, 11) is 0. The van der Waals surface area contributed by atoms with Gasteiger partial charge in [0, 0.05) is 5.56 Å². The lowest BCUT2D eigenvalue weighted by atomic mass is 10.1. The lowest BCUT2D eigenvalue weighted by Gasteiger charge is -2.08. The van der Waals surface area contributed by atoms with Crippen LogP contribution in [0.4, 0.5) is 14.5 Å². The van der Waals surface area contributed by atoms with Gasteiger partial charge in [-0.05, 0) is 42.8 Å². The topological polar surface area (TPSA) is 66.4 Å². The SMILES string of the molecule is Cc1ccc(C(=O)Nc2ccc(C(=O)O)cc2F)cc1F. The second kappa shape index (κ2) is 5.70. The maximum absolute atomic E-state index is 13.7. The molecule has 2 N–H and O–H groups in total. The Balaban J connectivity index is 2.23. The first-order chi connectivity index (χ1) is 9.88. The zero-order valence-electron chi connectivity index (χ0n) is 11.0. The summed E-state index contributed by atoms with van der Waals surface area (Å²) in [5.41, 5.74) is 0.0289. The number of hydrogen-bond acceptors (Lipinski definition) is 2. The van der Waals surface area contributed by atoms with Gasteiger partial charge in [-0.2, -0.15) is 0 Å². The van der Waals surface area contributed by atoms with Gasteiger partial charge in [-0.25, -0.2) is 13.6 Å². The number of anilines is 1. The molecule has 0 spiro atoms. The molecule has 108 valence electrons. The summed E-state index contributed by atoms with van der Waals surface area (Å²) in [5, 5.41) is 11.0. The predicted octanol–water partition coefficient (Wildman–Crippen LogP) is 3.22. The van der Waals surface area contributed by atoms with Crippen LogP contribution in [0.3, 0.4) is 0 Å². The molecule has 0 bridgehead atoms. The summed E-state index contributed by atoms with van der Waals surface area (Å²) in [6.07, 6.45) is 0. The van der Waals surface area contributed by atoms with E-state index in [2.05, 4.69) is 5.32 Å². The van der Waals surface area contributed by atoms with Gasteiger partial charge in [-0.15, -0.1) is 0 Å². The van der Waals surface area contributed by atoms with Gasteiger partial charge in [0.05, 0.1) is 11.3 Å². The number of carboxylic acid groups (broad SMARTS) is 1. The van der Waals surface area contributed by atoms with E-state index in [1.165, 1.54) is 12.1 Å². The van der Waals surface area contributed by atoms with E-state index in [-0.39, 0.29) is 16.8 Å². The third-order valence-corrected chi connectivity index (χ3v) is 2.90. The molecule has 0 fully saturated rings. The fourth-order valence-corrected chi connectivity index (χ4v) is 1.68. The van der Waals surface area contributed by atoms with E-state index in [1.54, 1.807) is 6.92 Å². The van der Waals surface area contributed by atoms with Crippen molar-refractivity contribution in [3.05, 3.63) is 64.7 Å². The molecule has 0 saturated heterocycles. The van der Waals surface area contributed by atoms with E-state index < -0.39 is 23.5 Å². The average molecular weight is 291 g/mol. The molecule has 0 aromatic heterocycles. The quantitative estimate of drug-likeness (QED) is 0.912. The number of carbonyl (C=O) groups excluding carboxylic acids is 1. The van der Waals surface area contributed by atoms with Crippen molar-refractivity contribution in [3.8, 4) is 0 Å². The van der Waals surface area contributed by atoms with Crippen LogP contribution in [-0.4, -0.2) is 17.0 Å². The molecule has 0 unspecified atom stereocenters. The number of carbonyl (C=O) groups is 2. The van der Waals surface area contributed by atoms with Gasteiger partial charge in [0.25, 0.3) is 5.91 Å². The number of nitrogens with one attached hydrogen (secondary N) is 1. The van der Waals surface area contributed by atoms with Crippen molar-refractivity contribution in [1.82, 2.24) is 0 Å². The van der Waals surface area contributed by atoms with Gasteiger partial charge in [0.1, 0.15) is 11.6 Å². The van der Waals surface area contributed by atoms with Crippen LogP contribution >= 0.6 is 0 Å². The summed E-state index contributed by atoms with van der Waals surface area (Å²) in [6.45, 7) is 1.56. The van der Waals surface area contributed by atoms with E-state index in [1.807, 2.05) is 0 Å². The summed E-state index contributed by atoms with van der Waals surface area (Å²) in [6, 6.07) is 7.01. The molecular weight excluding hydrogens is 280 g/mol. The number of hydrogen-bond donors (Lipinski definition) is 2. The second-order valence-electron chi connectivity index (χ2n) is 4.42. The molecule has 0 atom stereocenters. The molecule has 0 saturated carbocycles. The van der Waals surface area contributed by atoms with E-state index in [4.69, 9.17) is 5.11 Å². The van der Waals surface area contributed by atoms with Crippen molar-refractivity contribution in [3.63, 3.8) is 0 Å². The molecule has 0 aliphatic heterocycles. The highest BCUT2D eigenvalue weighted by Gasteiger charge is 2.13. The van der Waals surface area contributed by atoms with Crippen LogP contribution < -0.4 is 5.32 Å². The van der Waals surface area contributed by atoms with Crippen molar-refractivity contribution < 1.29 is 23.5 Å². The monoisotopic (exact) mass is 291 g/mol. The molecule has 0 radical (unpaired) electrons. The normalized spacial score (nSPS) is 10.2. The van der Waals surface area contributed by atoms with E-state index in [9.17, 15) is 18.4 Å². The summed E-state index contributed by atoms with van der Waals surface area (Å²) in [5.74, 6) is -3.37. The smallest absolute Gasteiger partial charge is 0.335 e. The Morgan fingerprint density at radius 1 is 1.00 bits per heavy atom. The first-order valence-electron chi connectivity index (χ1n) is 5.99. The van der Waals surface area contributed by atoms with Crippen LogP contribution in [0.5, 0.6) is 0 Å². The van der Waals surface area contributed by atoms with E-state index in [0.29, 0.717) is 5.56 Å². The van der Waals surface area contributed by atoms with Crippen LogP contribution in [0.25, 0.3) is 0 Å². The third kappa shape index (κ3) is 3.22. The van der Waals surface area contributed by atoms with Gasteiger partial charge in [-0.1, -0.05) is 6.07 Å². The van der Waals surface area contributed by atoms with Crippen molar-refractivity contribution in [2.45, 2.75) is 6.92 Å². The largest absolute Gasteiger partial charge is 0.478 e. The van der Waals surface area contributed by atoms with Crippen LogP contribution in [-0.2, 0) is 0 Å². The summed E-state index contributed by atoms with van der Waals surface area (Å²) < 4.78 is 27.1. The van der Waals surface area contributed by atoms with Crippen molar-refractivity contribution >= 4 is 17.6 Å². The summed E-state index contributed by atoms with van der Waals surface area (Å²) in [4.78, 5) is 22.6. The molecule has 0 heterocycles. The number of rotatable bonds is 3. The highest BCUT2D eigenvalue weighted by atomic mass is 19.1. The first-order valence-corrected chi connectivity index (χ1v) is 5.99. The maximum atomic E-state index is 13.7. The number of aromatic carboxylic acids is 1. The zero-order valence-corrected chi connectivity index (χ0v) is 11.0. The molecule has 21 heavy (non-hydrogen) atoms.